The van der Waals surface area contributed by atoms with Crippen molar-refractivity contribution in [3.05, 3.63) is 36.7 Å². The Morgan fingerprint density at radius 3 is 2.94 bits per heavy atom. The first-order valence-corrected chi connectivity index (χ1v) is 5.84. The topological polar surface area (TPSA) is 59.3 Å². The molecule has 0 aliphatic heterocycles. The van der Waals surface area contributed by atoms with Gasteiger partial charge >= 0.3 is 0 Å². The van der Waals surface area contributed by atoms with Gasteiger partial charge in [0.2, 0.25) is 0 Å². The highest BCUT2D eigenvalue weighted by molar-refractivity contribution is 5.45. The van der Waals surface area contributed by atoms with Gasteiger partial charge in [-0.15, -0.1) is 0 Å². The Labute approximate surface area is 106 Å². The number of phenols is 1. The molecule has 2 aromatic rings. The Hall–Kier alpha value is -2.01. The monoisotopic (exact) mass is 247 g/mol. The number of hydrogen-bond donors (Lipinski definition) is 2. The van der Waals surface area contributed by atoms with Gasteiger partial charge in [0.25, 0.3) is 0 Å². The molecule has 0 saturated carbocycles. The van der Waals surface area contributed by atoms with E-state index in [9.17, 15) is 5.11 Å². The van der Waals surface area contributed by atoms with Crippen LogP contribution in [-0.4, -0.2) is 34.6 Å². The zero-order valence-corrected chi connectivity index (χ0v) is 10.5. The van der Waals surface area contributed by atoms with Gasteiger partial charge in [0.15, 0.2) is 5.75 Å². The first kappa shape index (κ1) is 12.4. The molecule has 0 fully saturated rings. The minimum Gasteiger partial charge on any atom is -0.506 e. The van der Waals surface area contributed by atoms with Crippen molar-refractivity contribution < 1.29 is 9.84 Å². The summed E-state index contributed by atoms with van der Waals surface area (Å²) in [5.74, 6) is 0.871. The summed E-state index contributed by atoms with van der Waals surface area (Å²) in [6, 6.07) is 7.32. The lowest BCUT2D eigenvalue weighted by atomic mass is 10.3. The van der Waals surface area contributed by atoms with Crippen LogP contribution in [0.2, 0.25) is 0 Å². The Kier molecular flexibility index (Phi) is 3.84. The van der Waals surface area contributed by atoms with E-state index in [0.717, 1.165) is 0 Å². The maximum absolute atomic E-state index is 9.72. The van der Waals surface area contributed by atoms with Gasteiger partial charge < -0.3 is 15.2 Å². The third kappa shape index (κ3) is 2.81. The minimum absolute atomic E-state index is 0.191. The van der Waals surface area contributed by atoms with Crippen LogP contribution in [0.1, 0.15) is 6.92 Å². The van der Waals surface area contributed by atoms with Gasteiger partial charge in [-0.25, -0.2) is 4.68 Å². The molecule has 96 valence electrons. The number of para-hydroxylation sites is 2. The van der Waals surface area contributed by atoms with Crippen molar-refractivity contribution in [3.8, 4) is 17.2 Å². The second kappa shape index (κ2) is 5.55. The molecular weight excluding hydrogens is 230 g/mol. The van der Waals surface area contributed by atoms with E-state index >= 15 is 0 Å². The molecule has 2 rings (SSSR count). The Balaban J connectivity index is 2.09. The van der Waals surface area contributed by atoms with E-state index < -0.39 is 0 Å². The summed E-state index contributed by atoms with van der Waals surface area (Å²) in [6.07, 6.45) is 3.38. The van der Waals surface area contributed by atoms with E-state index in [0.29, 0.717) is 18.0 Å². The van der Waals surface area contributed by atoms with Crippen LogP contribution in [0.25, 0.3) is 5.69 Å². The number of aromatic hydroxyl groups is 1. The second-order valence-electron chi connectivity index (χ2n) is 4.11. The summed E-state index contributed by atoms with van der Waals surface area (Å²) >= 11 is 0. The third-order valence-corrected chi connectivity index (χ3v) is 2.68. The number of benzene rings is 1. The molecule has 0 radical (unpaired) electrons. The highest BCUT2D eigenvalue weighted by Gasteiger charge is 2.06. The molecule has 0 bridgehead atoms. The van der Waals surface area contributed by atoms with Crippen molar-refractivity contribution in [2.24, 2.45) is 0 Å². The van der Waals surface area contributed by atoms with Gasteiger partial charge in [-0.2, -0.15) is 5.10 Å². The predicted molar refractivity (Wildman–Crippen MR) is 69.2 cm³/mol. The number of phenolic OH excluding ortho intramolecular Hbond substituents is 1. The average molecular weight is 247 g/mol. The molecule has 1 aromatic carbocycles. The molecule has 1 aromatic heterocycles. The first-order valence-electron chi connectivity index (χ1n) is 5.84. The summed E-state index contributed by atoms with van der Waals surface area (Å²) in [6.45, 7) is 2.61. The molecule has 18 heavy (non-hydrogen) atoms. The third-order valence-electron chi connectivity index (χ3n) is 2.68. The molecule has 1 heterocycles. The zero-order valence-electron chi connectivity index (χ0n) is 10.5. The molecule has 0 aliphatic carbocycles. The van der Waals surface area contributed by atoms with Crippen LogP contribution in [-0.2, 0) is 0 Å². The SMILES string of the molecule is CNC(C)COc1cnn(-c2ccccc2O)c1. The Bertz CT molecular complexity index is 510. The molecule has 0 spiro atoms. The fourth-order valence-electron chi connectivity index (χ4n) is 1.48. The van der Waals surface area contributed by atoms with Crippen molar-refractivity contribution in [2.75, 3.05) is 13.7 Å². The first-order chi connectivity index (χ1) is 8.70. The van der Waals surface area contributed by atoms with Crippen LogP contribution in [0.4, 0.5) is 0 Å². The fourth-order valence-corrected chi connectivity index (χ4v) is 1.48. The summed E-state index contributed by atoms with van der Waals surface area (Å²) in [4.78, 5) is 0. The summed E-state index contributed by atoms with van der Waals surface area (Å²) < 4.78 is 7.17. The van der Waals surface area contributed by atoms with Crippen molar-refractivity contribution in [1.29, 1.82) is 0 Å². The van der Waals surface area contributed by atoms with Gasteiger partial charge in [-0.3, -0.25) is 0 Å². The van der Waals surface area contributed by atoms with Crippen LogP contribution in [0, 0.1) is 0 Å². The molecule has 1 atom stereocenters. The molecular formula is C13H17N3O2. The number of aromatic nitrogens is 2. The highest BCUT2D eigenvalue weighted by Crippen LogP contribution is 2.21. The smallest absolute Gasteiger partial charge is 0.157 e. The van der Waals surface area contributed by atoms with Crippen molar-refractivity contribution in [3.63, 3.8) is 0 Å². The van der Waals surface area contributed by atoms with Crippen molar-refractivity contribution >= 4 is 0 Å². The number of hydrogen-bond acceptors (Lipinski definition) is 4. The number of ether oxygens (including phenoxy) is 1. The maximum atomic E-state index is 9.72. The van der Waals surface area contributed by atoms with E-state index in [1.165, 1.54) is 0 Å². The van der Waals surface area contributed by atoms with Gasteiger partial charge in [-0.1, -0.05) is 12.1 Å². The normalized spacial score (nSPS) is 12.3. The molecule has 0 amide bonds. The summed E-state index contributed by atoms with van der Waals surface area (Å²) in [5, 5.41) is 17.0. The predicted octanol–water partition coefficient (Wildman–Crippen LogP) is 1.56. The number of nitrogens with one attached hydrogen (secondary N) is 1. The summed E-state index contributed by atoms with van der Waals surface area (Å²) in [5.41, 5.74) is 0.633. The van der Waals surface area contributed by atoms with Gasteiger partial charge in [0.05, 0.1) is 12.4 Å². The van der Waals surface area contributed by atoms with Crippen molar-refractivity contribution in [1.82, 2.24) is 15.1 Å². The molecule has 2 N–H and O–H groups in total. The molecule has 5 nitrogen and oxygen atoms in total. The van der Waals surface area contributed by atoms with E-state index in [4.69, 9.17) is 4.74 Å². The summed E-state index contributed by atoms with van der Waals surface area (Å²) in [7, 11) is 1.89. The van der Waals surface area contributed by atoms with Crippen molar-refractivity contribution in [2.45, 2.75) is 13.0 Å². The van der Waals surface area contributed by atoms with Crippen LogP contribution >= 0.6 is 0 Å². The zero-order chi connectivity index (χ0) is 13.0. The van der Waals surface area contributed by atoms with E-state index in [-0.39, 0.29) is 11.8 Å². The lowest BCUT2D eigenvalue weighted by Gasteiger charge is -2.09. The van der Waals surface area contributed by atoms with Crippen LogP contribution in [0.15, 0.2) is 36.7 Å². The minimum atomic E-state index is 0.191. The largest absolute Gasteiger partial charge is 0.506 e. The number of rotatable bonds is 5. The average Bonchev–Trinajstić information content (AvgIpc) is 2.85. The van der Waals surface area contributed by atoms with Crippen LogP contribution in [0.3, 0.4) is 0 Å². The standard InChI is InChI=1S/C13H17N3O2/c1-10(14-2)9-18-11-7-15-16(8-11)12-5-3-4-6-13(12)17/h3-8,10,14,17H,9H2,1-2H3. The van der Waals surface area contributed by atoms with E-state index in [1.807, 2.05) is 20.0 Å². The Morgan fingerprint density at radius 2 is 2.22 bits per heavy atom. The molecule has 1 unspecified atom stereocenters. The number of likely N-dealkylation sites (N-methyl/N-ethyl adjacent to an activating group) is 1. The maximum Gasteiger partial charge on any atom is 0.157 e. The van der Waals surface area contributed by atoms with Crippen LogP contribution < -0.4 is 10.1 Å². The number of nitrogens with zero attached hydrogens (tertiary/aromatic N) is 2. The quantitative estimate of drug-likeness (QED) is 0.842. The van der Waals surface area contributed by atoms with Gasteiger partial charge in [0, 0.05) is 6.04 Å². The second-order valence-corrected chi connectivity index (χ2v) is 4.11. The fraction of sp³-hybridized carbons (Fsp3) is 0.308. The van der Waals surface area contributed by atoms with E-state index in [1.54, 1.807) is 35.3 Å². The lowest BCUT2D eigenvalue weighted by Crippen LogP contribution is -2.28. The van der Waals surface area contributed by atoms with Gasteiger partial charge in [-0.05, 0) is 26.1 Å². The highest BCUT2D eigenvalue weighted by atomic mass is 16.5. The lowest BCUT2D eigenvalue weighted by molar-refractivity contribution is 0.280. The van der Waals surface area contributed by atoms with Crippen LogP contribution in [0.5, 0.6) is 11.5 Å². The molecule has 0 saturated heterocycles. The van der Waals surface area contributed by atoms with E-state index in [2.05, 4.69) is 10.4 Å². The Morgan fingerprint density at radius 1 is 1.44 bits per heavy atom. The molecule has 0 aliphatic rings. The van der Waals surface area contributed by atoms with Gasteiger partial charge in [0.1, 0.15) is 18.0 Å². The molecule has 5 heteroatoms.